The van der Waals surface area contributed by atoms with Crippen molar-refractivity contribution in [3.05, 3.63) is 35.4 Å². The summed E-state index contributed by atoms with van der Waals surface area (Å²) in [5.41, 5.74) is 1.75. The van der Waals surface area contributed by atoms with E-state index in [9.17, 15) is 9.59 Å². The van der Waals surface area contributed by atoms with Gasteiger partial charge in [0, 0.05) is 32.2 Å². The van der Waals surface area contributed by atoms with Gasteiger partial charge >= 0.3 is 0 Å². The highest BCUT2D eigenvalue weighted by Gasteiger charge is 2.18. The zero-order valence-corrected chi connectivity index (χ0v) is 12.8. The Morgan fingerprint density at radius 1 is 1.19 bits per heavy atom. The number of carbonyl (C=O) groups excluding carboxylic acids is 2. The zero-order valence-electron chi connectivity index (χ0n) is 12.8. The number of benzene rings is 1. The number of likely N-dealkylation sites (tertiary alicyclic amines) is 1. The third-order valence-corrected chi connectivity index (χ3v) is 3.76. The molecule has 0 aliphatic carbocycles. The van der Waals surface area contributed by atoms with Gasteiger partial charge < -0.3 is 10.2 Å². The van der Waals surface area contributed by atoms with Crippen LogP contribution in [0, 0.1) is 0 Å². The zero-order chi connectivity index (χ0) is 15.2. The minimum atomic E-state index is -0.0842. The molecule has 5 nitrogen and oxygen atoms in total. The number of hydrogen-bond acceptors (Lipinski definition) is 3. The quantitative estimate of drug-likeness (QED) is 0.883. The van der Waals surface area contributed by atoms with Gasteiger partial charge in [0.1, 0.15) is 0 Å². The van der Waals surface area contributed by atoms with Crippen LogP contribution >= 0.6 is 0 Å². The van der Waals surface area contributed by atoms with Crippen molar-refractivity contribution in [2.75, 3.05) is 33.7 Å². The Labute approximate surface area is 125 Å². The summed E-state index contributed by atoms with van der Waals surface area (Å²) in [4.78, 5) is 27.5. The molecule has 1 saturated heterocycles. The number of rotatable bonds is 5. The van der Waals surface area contributed by atoms with Crippen LogP contribution in [0.4, 0.5) is 0 Å². The van der Waals surface area contributed by atoms with Crippen LogP contribution in [0.3, 0.4) is 0 Å². The summed E-state index contributed by atoms with van der Waals surface area (Å²) in [6.45, 7) is 2.94. The van der Waals surface area contributed by atoms with Crippen LogP contribution in [0.1, 0.15) is 28.8 Å². The number of amides is 2. The summed E-state index contributed by atoms with van der Waals surface area (Å²) in [5.74, 6) is 0.121. The maximum Gasteiger partial charge on any atom is 0.251 e. The van der Waals surface area contributed by atoms with Gasteiger partial charge in [-0.25, -0.2) is 0 Å². The molecule has 0 saturated carbocycles. The highest BCUT2D eigenvalue weighted by molar-refractivity contribution is 5.93. The summed E-state index contributed by atoms with van der Waals surface area (Å²) in [6.07, 6.45) is 2.24. The topological polar surface area (TPSA) is 52.7 Å². The van der Waals surface area contributed by atoms with Crippen LogP contribution in [0.25, 0.3) is 0 Å². The molecule has 0 spiro atoms. The van der Waals surface area contributed by atoms with Crippen molar-refractivity contribution >= 4 is 11.8 Å². The SMILES string of the molecule is CNC(=O)c1ccc(CN(C)CC(=O)N2CCCC2)cc1. The van der Waals surface area contributed by atoms with Crippen LogP contribution in [-0.4, -0.2) is 55.3 Å². The molecule has 1 aromatic rings. The monoisotopic (exact) mass is 289 g/mol. The van der Waals surface area contributed by atoms with E-state index in [1.54, 1.807) is 7.05 Å². The fourth-order valence-electron chi connectivity index (χ4n) is 2.57. The van der Waals surface area contributed by atoms with Crippen LogP contribution < -0.4 is 5.32 Å². The lowest BCUT2D eigenvalue weighted by Crippen LogP contribution is -2.36. The Kier molecular flexibility index (Phi) is 5.33. The molecule has 1 N–H and O–H groups in total. The molecule has 0 bridgehead atoms. The fraction of sp³-hybridized carbons (Fsp3) is 0.500. The normalized spacial score (nSPS) is 14.5. The molecule has 5 heteroatoms. The molecule has 1 heterocycles. The van der Waals surface area contributed by atoms with E-state index in [0.29, 0.717) is 18.7 Å². The van der Waals surface area contributed by atoms with Crippen LogP contribution in [0.2, 0.25) is 0 Å². The number of carbonyl (C=O) groups is 2. The van der Waals surface area contributed by atoms with Crippen molar-refractivity contribution < 1.29 is 9.59 Å². The lowest BCUT2D eigenvalue weighted by molar-refractivity contribution is -0.131. The molecule has 1 fully saturated rings. The standard InChI is InChI=1S/C16H23N3O2/c1-17-16(21)14-7-5-13(6-8-14)11-18(2)12-15(20)19-9-3-4-10-19/h5-8H,3-4,9-12H2,1-2H3,(H,17,21). The molecule has 114 valence electrons. The first kappa shape index (κ1) is 15.5. The van der Waals surface area contributed by atoms with E-state index in [1.807, 2.05) is 41.1 Å². The van der Waals surface area contributed by atoms with Crippen molar-refractivity contribution in [1.29, 1.82) is 0 Å². The minimum Gasteiger partial charge on any atom is -0.355 e. The molecule has 0 atom stereocenters. The van der Waals surface area contributed by atoms with Crippen LogP contribution in [0.15, 0.2) is 24.3 Å². The third kappa shape index (κ3) is 4.29. The summed E-state index contributed by atoms with van der Waals surface area (Å²) < 4.78 is 0. The lowest BCUT2D eigenvalue weighted by Gasteiger charge is -2.21. The van der Waals surface area contributed by atoms with E-state index in [0.717, 1.165) is 31.5 Å². The van der Waals surface area contributed by atoms with E-state index in [2.05, 4.69) is 5.32 Å². The van der Waals surface area contributed by atoms with Crippen molar-refractivity contribution in [1.82, 2.24) is 15.1 Å². The summed E-state index contributed by atoms with van der Waals surface area (Å²) in [7, 11) is 3.56. The molecule has 2 amide bonds. The molecular formula is C16H23N3O2. The van der Waals surface area contributed by atoms with Gasteiger partial charge in [0.2, 0.25) is 5.91 Å². The predicted octanol–water partition coefficient (Wildman–Crippen LogP) is 1.10. The van der Waals surface area contributed by atoms with Crippen LogP contribution in [-0.2, 0) is 11.3 Å². The smallest absolute Gasteiger partial charge is 0.251 e. The average Bonchev–Trinajstić information content (AvgIpc) is 3.01. The first-order chi connectivity index (χ1) is 10.1. The molecule has 1 aliphatic rings. The van der Waals surface area contributed by atoms with E-state index in [1.165, 1.54) is 0 Å². The number of likely N-dealkylation sites (N-methyl/N-ethyl adjacent to an activating group) is 1. The molecule has 0 aromatic heterocycles. The molecular weight excluding hydrogens is 266 g/mol. The summed E-state index contributed by atoms with van der Waals surface area (Å²) >= 11 is 0. The molecule has 0 unspecified atom stereocenters. The van der Waals surface area contributed by atoms with Gasteiger partial charge in [-0.05, 0) is 37.6 Å². The molecule has 21 heavy (non-hydrogen) atoms. The van der Waals surface area contributed by atoms with Gasteiger partial charge in [-0.3, -0.25) is 14.5 Å². The van der Waals surface area contributed by atoms with Crippen LogP contribution in [0.5, 0.6) is 0 Å². The number of hydrogen-bond donors (Lipinski definition) is 1. The predicted molar refractivity (Wildman–Crippen MR) is 82.0 cm³/mol. The van der Waals surface area contributed by atoms with E-state index >= 15 is 0 Å². The Hall–Kier alpha value is -1.88. The van der Waals surface area contributed by atoms with Crippen molar-refractivity contribution in [2.45, 2.75) is 19.4 Å². The minimum absolute atomic E-state index is 0.0842. The summed E-state index contributed by atoms with van der Waals surface area (Å²) in [6, 6.07) is 7.48. The Balaban J connectivity index is 1.85. The van der Waals surface area contributed by atoms with Gasteiger partial charge in [-0.2, -0.15) is 0 Å². The molecule has 0 radical (unpaired) electrons. The number of nitrogens with zero attached hydrogens (tertiary/aromatic N) is 2. The molecule has 1 aromatic carbocycles. The van der Waals surface area contributed by atoms with Gasteiger partial charge in [-0.1, -0.05) is 12.1 Å². The molecule has 2 rings (SSSR count). The van der Waals surface area contributed by atoms with Crippen molar-refractivity contribution in [3.8, 4) is 0 Å². The number of nitrogens with one attached hydrogen (secondary N) is 1. The van der Waals surface area contributed by atoms with E-state index in [4.69, 9.17) is 0 Å². The highest BCUT2D eigenvalue weighted by Crippen LogP contribution is 2.10. The van der Waals surface area contributed by atoms with E-state index < -0.39 is 0 Å². The van der Waals surface area contributed by atoms with Crippen molar-refractivity contribution in [3.63, 3.8) is 0 Å². The fourth-order valence-corrected chi connectivity index (χ4v) is 2.57. The van der Waals surface area contributed by atoms with Gasteiger partial charge in [0.25, 0.3) is 5.91 Å². The largest absolute Gasteiger partial charge is 0.355 e. The highest BCUT2D eigenvalue weighted by atomic mass is 16.2. The Bertz CT molecular complexity index is 493. The second-order valence-electron chi connectivity index (χ2n) is 5.54. The summed E-state index contributed by atoms with van der Waals surface area (Å²) in [5, 5.41) is 2.60. The second kappa shape index (κ2) is 7.22. The van der Waals surface area contributed by atoms with Gasteiger partial charge in [0.05, 0.1) is 6.54 Å². The third-order valence-electron chi connectivity index (χ3n) is 3.76. The average molecular weight is 289 g/mol. The van der Waals surface area contributed by atoms with Crippen molar-refractivity contribution in [2.24, 2.45) is 0 Å². The maximum absolute atomic E-state index is 12.1. The first-order valence-electron chi connectivity index (χ1n) is 7.37. The van der Waals surface area contributed by atoms with Gasteiger partial charge in [0.15, 0.2) is 0 Å². The van der Waals surface area contributed by atoms with E-state index in [-0.39, 0.29) is 11.8 Å². The second-order valence-corrected chi connectivity index (χ2v) is 5.54. The Morgan fingerprint density at radius 2 is 1.81 bits per heavy atom. The molecule has 1 aliphatic heterocycles. The maximum atomic E-state index is 12.1. The lowest BCUT2D eigenvalue weighted by atomic mass is 10.1. The first-order valence-corrected chi connectivity index (χ1v) is 7.37. The van der Waals surface area contributed by atoms with Gasteiger partial charge in [-0.15, -0.1) is 0 Å². The Morgan fingerprint density at radius 3 is 2.38 bits per heavy atom.